The average molecular weight is 396 g/mol. The van der Waals surface area contributed by atoms with Gasteiger partial charge >= 0.3 is 0 Å². The van der Waals surface area contributed by atoms with Crippen molar-refractivity contribution < 1.29 is 0 Å². The molecule has 0 unspecified atom stereocenters. The summed E-state index contributed by atoms with van der Waals surface area (Å²) < 4.78 is 1.97. The molecule has 0 aliphatic carbocycles. The molecule has 2 saturated heterocycles. The number of fused-ring (bicyclic) bond motifs is 1. The molecule has 6 heteroatoms. The van der Waals surface area contributed by atoms with E-state index in [4.69, 9.17) is 21.7 Å². The zero-order valence-corrected chi connectivity index (χ0v) is 16.9. The summed E-state index contributed by atoms with van der Waals surface area (Å²) in [5.74, 6) is 1.37. The standard InChI is InChI=1S/C22H26ClN5/c23-19-7-3-5-17(13-19)14-26-10-4-6-18(15-26)22-24-21-9-8-20(16-28(21)25-22)27-11-1-2-12-27/h3,5,7-9,13,16,18H,1-2,4,6,10-12,14-15H2/t18-/m1/s1. The molecule has 1 aromatic carbocycles. The first-order valence-electron chi connectivity index (χ1n) is 10.3. The fourth-order valence-electron chi connectivity index (χ4n) is 4.53. The van der Waals surface area contributed by atoms with Crippen molar-refractivity contribution in [2.45, 2.75) is 38.1 Å². The van der Waals surface area contributed by atoms with E-state index in [0.717, 1.165) is 55.6 Å². The van der Waals surface area contributed by atoms with E-state index in [1.165, 1.54) is 30.5 Å². The number of nitrogens with zero attached hydrogens (tertiary/aromatic N) is 5. The number of anilines is 1. The third-order valence-corrected chi connectivity index (χ3v) is 6.20. The minimum atomic E-state index is 0.392. The van der Waals surface area contributed by atoms with E-state index < -0.39 is 0 Å². The van der Waals surface area contributed by atoms with Crippen molar-refractivity contribution >= 4 is 22.9 Å². The lowest BCUT2D eigenvalue weighted by molar-refractivity contribution is 0.196. The van der Waals surface area contributed by atoms with Gasteiger partial charge in [-0.05, 0) is 62.1 Å². The average Bonchev–Trinajstić information content (AvgIpc) is 3.37. The van der Waals surface area contributed by atoms with Gasteiger partial charge in [0.05, 0.1) is 11.9 Å². The van der Waals surface area contributed by atoms with Crippen molar-refractivity contribution in [1.82, 2.24) is 19.5 Å². The highest BCUT2D eigenvalue weighted by Gasteiger charge is 2.25. The van der Waals surface area contributed by atoms with Crippen LogP contribution in [0.3, 0.4) is 0 Å². The van der Waals surface area contributed by atoms with Crippen LogP contribution in [-0.4, -0.2) is 45.7 Å². The first-order chi connectivity index (χ1) is 13.7. The second-order valence-electron chi connectivity index (χ2n) is 8.06. The third-order valence-electron chi connectivity index (χ3n) is 5.97. The van der Waals surface area contributed by atoms with Crippen LogP contribution in [0.5, 0.6) is 0 Å². The minimum Gasteiger partial charge on any atom is -0.370 e. The Kier molecular flexibility index (Phi) is 4.95. The van der Waals surface area contributed by atoms with Gasteiger partial charge in [-0.25, -0.2) is 9.50 Å². The van der Waals surface area contributed by atoms with Crippen LogP contribution >= 0.6 is 11.6 Å². The Morgan fingerprint density at radius 3 is 2.79 bits per heavy atom. The van der Waals surface area contributed by atoms with Crippen LogP contribution < -0.4 is 4.90 Å². The largest absolute Gasteiger partial charge is 0.370 e. The summed E-state index contributed by atoms with van der Waals surface area (Å²) >= 11 is 6.15. The molecule has 0 bridgehead atoms. The topological polar surface area (TPSA) is 36.7 Å². The first kappa shape index (κ1) is 18.0. The van der Waals surface area contributed by atoms with Gasteiger partial charge in [0.15, 0.2) is 11.5 Å². The molecule has 5 nitrogen and oxygen atoms in total. The van der Waals surface area contributed by atoms with Crippen LogP contribution in [0, 0.1) is 0 Å². The molecule has 4 heterocycles. The first-order valence-corrected chi connectivity index (χ1v) is 10.7. The molecule has 2 fully saturated rings. The fourth-order valence-corrected chi connectivity index (χ4v) is 4.74. The van der Waals surface area contributed by atoms with Gasteiger partial charge in [0.25, 0.3) is 0 Å². The van der Waals surface area contributed by atoms with Crippen molar-refractivity contribution in [2.75, 3.05) is 31.1 Å². The lowest BCUT2D eigenvalue weighted by atomic mass is 9.97. The number of rotatable bonds is 4. The molecule has 2 aromatic heterocycles. The van der Waals surface area contributed by atoms with Gasteiger partial charge in [0.2, 0.25) is 0 Å². The molecule has 0 N–H and O–H groups in total. The molecule has 0 saturated carbocycles. The van der Waals surface area contributed by atoms with E-state index >= 15 is 0 Å². The number of pyridine rings is 1. The molecule has 0 amide bonds. The molecule has 1 atom stereocenters. The van der Waals surface area contributed by atoms with Crippen LogP contribution in [0.2, 0.25) is 5.02 Å². The van der Waals surface area contributed by atoms with Crippen molar-refractivity contribution in [1.29, 1.82) is 0 Å². The predicted molar refractivity (Wildman–Crippen MR) is 113 cm³/mol. The Hall–Kier alpha value is -2.11. The van der Waals surface area contributed by atoms with Crippen molar-refractivity contribution in [2.24, 2.45) is 0 Å². The summed E-state index contributed by atoms with van der Waals surface area (Å²) in [5.41, 5.74) is 3.48. The van der Waals surface area contributed by atoms with Gasteiger partial charge in [-0.15, -0.1) is 0 Å². The molecule has 146 valence electrons. The van der Waals surface area contributed by atoms with Gasteiger partial charge in [0, 0.05) is 37.1 Å². The Bertz CT molecular complexity index is 962. The molecule has 28 heavy (non-hydrogen) atoms. The van der Waals surface area contributed by atoms with E-state index in [1.807, 2.05) is 16.6 Å². The Morgan fingerprint density at radius 2 is 1.93 bits per heavy atom. The van der Waals surface area contributed by atoms with Gasteiger partial charge in [-0.3, -0.25) is 4.90 Å². The molecular formula is C22H26ClN5. The maximum absolute atomic E-state index is 6.15. The van der Waals surface area contributed by atoms with Crippen molar-refractivity contribution in [3.63, 3.8) is 0 Å². The maximum Gasteiger partial charge on any atom is 0.156 e. The zero-order chi connectivity index (χ0) is 18.9. The molecule has 5 rings (SSSR count). The van der Waals surface area contributed by atoms with Crippen molar-refractivity contribution in [3.8, 4) is 0 Å². The number of benzene rings is 1. The van der Waals surface area contributed by atoms with Crippen LogP contribution in [0.1, 0.15) is 43.0 Å². The van der Waals surface area contributed by atoms with E-state index in [2.05, 4.69) is 40.3 Å². The number of hydrogen-bond acceptors (Lipinski definition) is 4. The number of halogens is 1. The summed E-state index contributed by atoms with van der Waals surface area (Å²) in [6, 6.07) is 12.5. The van der Waals surface area contributed by atoms with Crippen LogP contribution in [0.15, 0.2) is 42.6 Å². The van der Waals surface area contributed by atoms with E-state index in [-0.39, 0.29) is 0 Å². The van der Waals surface area contributed by atoms with Gasteiger partial charge in [-0.1, -0.05) is 23.7 Å². The van der Waals surface area contributed by atoms with Crippen molar-refractivity contribution in [3.05, 3.63) is 59.0 Å². The Labute approximate surface area is 170 Å². The highest BCUT2D eigenvalue weighted by atomic mass is 35.5. The number of piperidine rings is 1. The summed E-state index contributed by atoms with van der Waals surface area (Å²) in [6.07, 6.45) is 7.04. The summed E-state index contributed by atoms with van der Waals surface area (Å²) in [7, 11) is 0. The molecular weight excluding hydrogens is 370 g/mol. The fraction of sp³-hybridized carbons (Fsp3) is 0.455. The normalized spacial score (nSPS) is 20.9. The number of likely N-dealkylation sites (tertiary alicyclic amines) is 1. The van der Waals surface area contributed by atoms with Crippen LogP contribution in [0.25, 0.3) is 5.65 Å². The highest BCUT2D eigenvalue weighted by molar-refractivity contribution is 6.30. The Balaban J connectivity index is 1.32. The second kappa shape index (κ2) is 7.72. The molecule has 0 spiro atoms. The summed E-state index contributed by atoms with van der Waals surface area (Å²) in [5, 5.41) is 5.66. The van der Waals surface area contributed by atoms with Gasteiger partial charge < -0.3 is 4.90 Å². The molecule has 2 aliphatic rings. The molecule has 0 radical (unpaired) electrons. The third kappa shape index (κ3) is 3.74. The Morgan fingerprint density at radius 1 is 1.04 bits per heavy atom. The van der Waals surface area contributed by atoms with Crippen LogP contribution in [-0.2, 0) is 6.54 Å². The smallest absolute Gasteiger partial charge is 0.156 e. The lowest BCUT2D eigenvalue weighted by Crippen LogP contribution is -2.34. The van der Waals surface area contributed by atoms with Gasteiger partial charge in [0.1, 0.15) is 0 Å². The number of aromatic nitrogens is 3. The van der Waals surface area contributed by atoms with Gasteiger partial charge in [-0.2, -0.15) is 5.10 Å². The van der Waals surface area contributed by atoms with E-state index in [9.17, 15) is 0 Å². The van der Waals surface area contributed by atoms with Crippen LogP contribution in [0.4, 0.5) is 5.69 Å². The highest BCUT2D eigenvalue weighted by Crippen LogP contribution is 2.27. The van der Waals surface area contributed by atoms with E-state index in [1.54, 1.807) is 0 Å². The minimum absolute atomic E-state index is 0.392. The molecule has 3 aromatic rings. The van der Waals surface area contributed by atoms with E-state index in [0.29, 0.717) is 5.92 Å². The quantitative estimate of drug-likeness (QED) is 0.657. The SMILES string of the molecule is Clc1cccc(CN2CCC[C@@H](c3nc4ccc(N5CCCC5)cn4n3)C2)c1. The monoisotopic (exact) mass is 395 g/mol. The summed E-state index contributed by atoms with van der Waals surface area (Å²) in [4.78, 5) is 9.79. The maximum atomic E-state index is 6.15. The lowest BCUT2D eigenvalue weighted by Gasteiger charge is -2.31. The second-order valence-corrected chi connectivity index (χ2v) is 8.49. The zero-order valence-electron chi connectivity index (χ0n) is 16.1. The predicted octanol–water partition coefficient (Wildman–Crippen LogP) is 4.36. The summed E-state index contributed by atoms with van der Waals surface area (Å²) in [6.45, 7) is 5.35. The molecule has 2 aliphatic heterocycles. The number of hydrogen-bond donors (Lipinski definition) is 0.